The Morgan fingerprint density at radius 1 is 1.30 bits per heavy atom. The van der Waals surface area contributed by atoms with Gasteiger partial charge in [0.15, 0.2) is 0 Å². The first-order valence-electron chi connectivity index (χ1n) is 8.59. The fourth-order valence-electron chi connectivity index (χ4n) is 2.80. The Labute approximate surface area is 139 Å². The summed E-state index contributed by atoms with van der Waals surface area (Å²) in [5.74, 6) is 0.178. The maximum atomic E-state index is 12.2. The number of hydrogen-bond acceptors (Lipinski definition) is 3. The van der Waals surface area contributed by atoms with Crippen molar-refractivity contribution >= 4 is 5.91 Å². The number of piperidine rings is 1. The van der Waals surface area contributed by atoms with Gasteiger partial charge in [-0.2, -0.15) is 0 Å². The molecule has 1 aromatic rings. The van der Waals surface area contributed by atoms with Crippen LogP contribution in [0.25, 0.3) is 0 Å². The van der Waals surface area contributed by atoms with Crippen LogP contribution in [0.4, 0.5) is 0 Å². The van der Waals surface area contributed by atoms with E-state index in [9.17, 15) is 9.90 Å². The summed E-state index contributed by atoms with van der Waals surface area (Å²) < 4.78 is 6.01. The van der Waals surface area contributed by atoms with Crippen molar-refractivity contribution in [2.45, 2.75) is 58.8 Å². The molecule has 23 heavy (non-hydrogen) atoms. The molecule has 0 spiro atoms. The molecule has 1 unspecified atom stereocenters. The van der Waals surface area contributed by atoms with Gasteiger partial charge in [0.05, 0.1) is 25.2 Å². The number of carbonyl (C=O) groups is 1. The first-order valence-corrected chi connectivity index (χ1v) is 8.59. The smallest absolute Gasteiger partial charge is 0.225 e. The predicted octanol–water partition coefficient (Wildman–Crippen LogP) is 2.91. The average Bonchev–Trinajstić information content (AvgIpc) is 2.54. The van der Waals surface area contributed by atoms with Crippen LogP contribution in [0, 0.1) is 12.8 Å². The van der Waals surface area contributed by atoms with Crippen molar-refractivity contribution in [2.24, 2.45) is 5.92 Å². The highest BCUT2D eigenvalue weighted by molar-refractivity contribution is 5.76. The SMILES string of the molecule is Cc1ccccc1COC1CCN(C(=O)CC(O)C(C)C)CC1. The first kappa shape index (κ1) is 18.0. The fraction of sp³-hybridized carbons (Fsp3) is 0.632. The van der Waals surface area contributed by atoms with Crippen molar-refractivity contribution in [1.29, 1.82) is 0 Å². The molecule has 1 aliphatic rings. The molecule has 128 valence electrons. The molecule has 1 aliphatic heterocycles. The third-order valence-corrected chi connectivity index (χ3v) is 4.68. The largest absolute Gasteiger partial charge is 0.392 e. The number of ether oxygens (including phenoxy) is 1. The number of aliphatic hydroxyl groups excluding tert-OH is 1. The molecule has 1 saturated heterocycles. The second-order valence-electron chi connectivity index (χ2n) is 6.83. The van der Waals surface area contributed by atoms with Crippen LogP contribution in [0.1, 0.15) is 44.2 Å². The summed E-state index contributed by atoms with van der Waals surface area (Å²) in [6, 6.07) is 8.27. The molecular weight excluding hydrogens is 290 g/mol. The molecule has 1 aromatic carbocycles. The standard InChI is InChI=1S/C19H29NO3/c1-14(2)18(21)12-19(22)20-10-8-17(9-11-20)23-13-16-7-5-4-6-15(16)3/h4-7,14,17-18,21H,8-13H2,1-3H3. The van der Waals surface area contributed by atoms with E-state index < -0.39 is 6.10 Å². The molecule has 1 N–H and O–H groups in total. The monoisotopic (exact) mass is 319 g/mol. The van der Waals surface area contributed by atoms with Crippen molar-refractivity contribution in [3.8, 4) is 0 Å². The normalized spacial score (nSPS) is 17.5. The minimum Gasteiger partial charge on any atom is -0.392 e. The molecule has 1 atom stereocenters. The molecule has 0 aromatic heterocycles. The zero-order valence-electron chi connectivity index (χ0n) is 14.5. The van der Waals surface area contributed by atoms with Crippen LogP contribution in [0.15, 0.2) is 24.3 Å². The molecule has 0 radical (unpaired) electrons. The summed E-state index contributed by atoms with van der Waals surface area (Å²) in [4.78, 5) is 14.0. The highest BCUT2D eigenvalue weighted by Gasteiger charge is 2.25. The van der Waals surface area contributed by atoms with E-state index in [0.29, 0.717) is 6.61 Å². The molecule has 1 amide bonds. The zero-order chi connectivity index (χ0) is 16.8. The van der Waals surface area contributed by atoms with Crippen molar-refractivity contribution in [1.82, 2.24) is 4.90 Å². The Morgan fingerprint density at radius 3 is 2.57 bits per heavy atom. The van der Waals surface area contributed by atoms with E-state index in [1.54, 1.807) is 0 Å². The predicted molar refractivity (Wildman–Crippen MR) is 91.0 cm³/mol. The van der Waals surface area contributed by atoms with Crippen molar-refractivity contribution in [3.05, 3.63) is 35.4 Å². The van der Waals surface area contributed by atoms with Crippen molar-refractivity contribution < 1.29 is 14.6 Å². The Hall–Kier alpha value is -1.39. The number of benzene rings is 1. The van der Waals surface area contributed by atoms with Crippen LogP contribution in [0.2, 0.25) is 0 Å². The number of amides is 1. The lowest BCUT2D eigenvalue weighted by atomic mass is 10.0. The summed E-state index contributed by atoms with van der Waals surface area (Å²) in [7, 11) is 0. The summed E-state index contributed by atoms with van der Waals surface area (Å²) >= 11 is 0. The molecule has 0 aliphatic carbocycles. The highest BCUT2D eigenvalue weighted by atomic mass is 16.5. The molecule has 0 bridgehead atoms. The van der Waals surface area contributed by atoms with Gasteiger partial charge < -0.3 is 14.7 Å². The second-order valence-corrected chi connectivity index (χ2v) is 6.83. The Morgan fingerprint density at radius 2 is 1.96 bits per heavy atom. The molecule has 2 rings (SSSR count). The van der Waals surface area contributed by atoms with E-state index >= 15 is 0 Å². The average molecular weight is 319 g/mol. The van der Waals surface area contributed by atoms with Crippen LogP contribution in [0.3, 0.4) is 0 Å². The quantitative estimate of drug-likeness (QED) is 0.877. The van der Waals surface area contributed by atoms with Gasteiger partial charge in [-0.1, -0.05) is 38.1 Å². The highest BCUT2D eigenvalue weighted by Crippen LogP contribution is 2.18. The van der Waals surface area contributed by atoms with Crippen molar-refractivity contribution in [3.63, 3.8) is 0 Å². The summed E-state index contributed by atoms with van der Waals surface area (Å²) in [6.45, 7) is 8.05. The lowest BCUT2D eigenvalue weighted by Crippen LogP contribution is -2.42. The minimum absolute atomic E-state index is 0.0588. The third kappa shape index (κ3) is 5.33. The van der Waals surface area contributed by atoms with Gasteiger partial charge in [-0.3, -0.25) is 4.79 Å². The summed E-state index contributed by atoms with van der Waals surface area (Å²) in [6.07, 6.45) is 1.64. The number of carbonyl (C=O) groups excluding carboxylic acids is 1. The molecule has 0 saturated carbocycles. The van der Waals surface area contributed by atoms with E-state index in [1.807, 2.05) is 30.9 Å². The summed E-state index contributed by atoms with van der Waals surface area (Å²) in [5.41, 5.74) is 2.48. The number of nitrogens with zero attached hydrogens (tertiary/aromatic N) is 1. The Balaban J connectivity index is 1.73. The number of aryl methyl sites for hydroxylation is 1. The van der Waals surface area contributed by atoms with Gasteiger partial charge in [0.2, 0.25) is 5.91 Å². The van der Waals surface area contributed by atoms with Gasteiger partial charge in [0, 0.05) is 13.1 Å². The lowest BCUT2D eigenvalue weighted by Gasteiger charge is -2.33. The maximum absolute atomic E-state index is 12.2. The second kappa shape index (κ2) is 8.46. The van der Waals surface area contributed by atoms with Crippen LogP contribution in [-0.2, 0) is 16.1 Å². The topological polar surface area (TPSA) is 49.8 Å². The van der Waals surface area contributed by atoms with E-state index in [4.69, 9.17) is 4.74 Å². The molecule has 4 heteroatoms. The van der Waals surface area contributed by atoms with Crippen LogP contribution in [0.5, 0.6) is 0 Å². The third-order valence-electron chi connectivity index (χ3n) is 4.68. The van der Waals surface area contributed by atoms with Crippen LogP contribution >= 0.6 is 0 Å². The molecule has 1 fully saturated rings. The number of rotatable bonds is 6. The fourth-order valence-corrected chi connectivity index (χ4v) is 2.80. The zero-order valence-corrected chi connectivity index (χ0v) is 14.5. The van der Waals surface area contributed by atoms with Gasteiger partial charge >= 0.3 is 0 Å². The minimum atomic E-state index is -0.544. The number of aliphatic hydroxyl groups is 1. The first-order chi connectivity index (χ1) is 11.0. The number of likely N-dealkylation sites (tertiary alicyclic amines) is 1. The Bertz CT molecular complexity index is 507. The summed E-state index contributed by atoms with van der Waals surface area (Å²) in [5, 5.41) is 9.84. The van der Waals surface area contributed by atoms with Gasteiger partial charge in [-0.05, 0) is 36.8 Å². The van der Waals surface area contributed by atoms with E-state index in [2.05, 4.69) is 19.1 Å². The lowest BCUT2D eigenvalue weighted by molar-refractivity contribution is -0.136. The van der Waals surface area contributed by atoms with E-state index in [0.717, 1.165) is 25.9 Å². The van der Waals surface area contributed by atoms with Gasteiger partial charge in [0.1, 0.15) is 0 Å². The van der Waals surface area contributed by atoms with E-state index in [1.165, 1.54) is 11.1 Å². The van der Waals surface area contributed by atoms with Crippen LogP contribution in [-0.4, -0.2) is 41.2 Å². The van der Waals surface area contributed by atoms with Crippen LogP contribution < -0.4 is 0 Å². The number of hydrogen-bond donors (Lipinski definition) is 1. The maximum Gasteiger partial charge on any atom is 0.225 e. The molecule has 4 nitrogen and oxygen atoms in total. The Kier molecular flexibility index (Phi) is 6.60. The van der Waals surface area contributed by atoms with Crippen molar-refractivity contribution in [2.75, 3.05) is 13.1 Å². The van der Waals surface area contributed by atoms with Gasteiger partial charge in [-0.25, -0.2) is 0 Å². The van der Waals surface area contributed by atoms with E-state index in [-0.39, 0.29) is 24.3 Å². The molecular formula is C19H29NO3. The van der Waals surface area contributed by atoms with Gasteiger partial charge in [0.25, 0.3) is 0 Å². The van der Waals surface area contributed by atoms with Gasteiger partial charge in [-0.15, -0.1) is 0 Å². The molecule has 1 heterocycles.